The minimum Gasteiger partial charge on any atom is -0.489 e. The standard InChI is InChI=1S/C24H30FN5O2/c1-15(2)32-20-13-17(25)5-6-18(20)28-23-22-19(26-14-27-23)7-8-21(29-22)30-11-9-16(10-12-30)24(3,4)31/h5-8,13-16,31H,9-12H2,1-4H3,(H,26,27,28). The van der Waals surface area contributed by atoms with Gasteiger partial charge in [0, 0.05) is 19.2 Å². The van der Waals surface area contributed by atoms with Crippen molar-refractivity contribution in [2.75, 3.05) is 23.3 Å². The molecule has 0 aliphatic carbocycles. The molecular weight excluding hydrogens is 409 g/mol. The number of pyridine rings is 1. The van der Waals surface area contributed by atoms with E-state index in [0.717, 1.165) is 31.7 Å². The van der Waals surface area contributed by atoms with Crippen LogP contribution in [0.5, 0.6) is 5.75 Å². The number of ether oxygens (including phenoxy) is 1. The lowest BCUT2D eigenvalue weighted by atomic mass is 9.83. The molecular formula is C24H30FN5O2. The molecule has 3 heterocycles. The van der Waals surface area contributed by atoms with Crippen molar-refractivity contribution >= 4 is 28.4 Å². The van der Waals surface area contributed by atoms with Crippen LogP contribution in [0, 0.1) is 11.7 Å². The molecule has 1 fully saturated rings. The van der Waals surface area contributed by atoms with Gasteiger partial charge >= 0.3 is 0 Å². The van der Waals surface area contributed by atoms with E-state index in [1.165, 1.54) is 18.5 Å². The molecule has 1 aliphatic heterocycles. The fourth-order valence-electron chi connectivity index (χ4n) is 4.09. The number of anilines is 3. The number of aliphatic hydroxyl groups is 1. The first-order valence-electron chi connectivity index (χ1n) is 11.0. The summed E-state index contributed by atoms with van der Waals surface area (Å²) in [6, 6.07) is 8.27. The molecule has 170 valence electrons. The average molecular weight is 440 g/mol. The van der Waals surface area contributed by atoms with Crippen LogP contribution in [0.4, 0.5) is 21.7 Å². The van der Waals surface area contributed by atoms with Crippen LogP contribution in [0.2, 0.25) is 0 Å². The van der Waals surface area contributed by atoms with Crippen molar-refractivity contribution in [3.63, 3.8) is 0 Å². The number of hydrogen-bond acceptors (Lipinski definition) is 7. The number of benzene rings is 1. The van der Waals surface area contributed by atoms with E-state index < -0.39 is 5.60 Å². The largest absolute Gasteiger partial charge is 0.489 e. The third-order valence-corrected chi connectivity index (χ3v) is 5.84. The second-order valence-corrected chi connectivity index (χ2v) is 9.11. The maximum absolute atomic E-state index is 13.8. The third kappa shape index (κ3) is 4.91. The Labute approximate surface area is 187 Å². The molecule has 8 heteroatoms. The maximum atomic E-state index is 13.8. The van der Waals surface area contributed by atoms with Gasteiger partial charge in [-0.25, -0.2) is 19.3 Å². The van der Waals surface area contributed by atoms with Crippen molar-refractivity contribution in [2.45, 2.75) is 52.2 Å². The maximum Gasteiger partial charge on any atom is 0.160 e. The first-order valence-corrected chi connectivity index (χ1v) is 11.0. The van der Waals surface area contributed by atoms with E-state index in [9.17, 15) is 9.50 Å². The molecule has 32 heavy (non-hydrogen) atoms. The van der Waals surface area contributed by atoms with Crippen LogP contribution in [-0.2, 0) is 0 Å². The molecule has 0 saturated carbocycles. The predicted octanol–water partition coefficient (Wildman–Crippen LogP) is 4.68. The lowest BCUT2D eigenvalue weighted by Gasteiger charge is -2.38. The van der Waals surface area contributed by atoms with E-state index in [1.807, 2.05) is 39.8 Å². The van der Waals surface area contributed by atoms with Gasteiger partial charge < -0.3 is 20.1 Å². The van der Waals surface area contributed by atoms with Gasteiger partial charge in [-0.3, -0.25) is 0 Å². The van der Waals surface area contributed by atoms with Crippen LogP contribution in [0.15, 0.2) is 36.7 Å². The molecule has 1 aliphatic rings. The van der Waals surface area contributed by atoms with Gasteiger partial charge in [-0.1, -0.05) is 0 Å². The van der Waals surface area contributed by atoms with Crippen LogP contribution in [0.25, 0.3) is 11.0 Å². The Hall–Kier alpha value is -3.00. The Morgan fingerprint density at radius 1 is 1.16 bits per heavy atom. The summed E-state index contributed by atoms with van der Waals surface area (Å²) in [5.74, 6) is 1.70. The van der Waals surface area contributed by atoms with Crippen LogP contribution >= 0.6 is 0 Å². The minimum absolute atomic E-state index is 0.101. The SMILES string of the molecule is CC(C)Oc1cc(F)ccc1Nc1ncnc2ccc(N3CCC(C(C)(C)O)CC3)nc12. The number of halogens is 1. The summed E-state index contributed by atoms with van der Waals surface area (Å²) in [5, 5.41) is 13.6. The molecule has 0 amide bonds. The van der Waals surface area contributed by atoms with Gasteiger partial charge in [0.25, 0.3) is 0 Å². The third-order valence-electron chi connectivity index (χ3n) is 5.84. The van der Waals surface area contributed by atoms with Crippen LogP contribution in [0.1, 0.15) is 40.5 Å². The lowest BCUT2D eigenvalue weighted by molar-refractivity contribution is 0.00646. The minimum atomic E-state index is -0.668. The molecule has 0 bridgehead atoms. The molecule has 0 spiro atoms. The van der Waals surface area contributed by atoms with E-state index >= 15 is 0 Å². The van der Waals surface area contributed by atoms with E-state index in [0.29, 0.717) is 28.3 Å². The van der Waals surface area contributed by atoms with Crippen molar-refractivity contribution in [3.05, 3.63) is 42.5 Å². The predicted molar refractivity (Wildman–Crippen MR) is 124 cm³/mol. The number of fused-ring (bicyclic) bond motifs is 1. The van der Waals surface area contributed by atoms with Crippen LogP contribution in [-0.4, -0.2) is 44.9 Å². The van der Waals surface area contributed by atoms with E-state index in [2.05, 4.69) is 20.2 Å². The zero-order chi connectivity index (χ0) is 22.9. The zero-order valence-electron chi connectivity index (χ0n) is 19.0. The normalized spacial score (nSPS) is 15.4. The highest BCUT2D eigenvalue weighted by atomic mass is 19.1. The van der Waals surface area contributed by atoms with Crippen molar-refractivity contribution in [3.8, 4) is 5.75 Å². The second-order valence-electron chi connectivity index (χ2n) is 9.11. The van der Waals surface area contributed by atoms with Gasteiger partial charge in [-0.15, -0.1) is 0 Å². The summed E-state index contributed by atoms with van der Waals surface area (Å²) >= 11 is 0. The van der Waals surface area contributed by atoms with Crippen molar-refractivity contribution in [2.24, 2.45) is 5.92 Å². The molecule has 0 atom stereocenters. The smallest absolute Gasteiger partial charge is 0.160 e. The van der Waals surface area contributed by atoms with Gasteiger partial charge in [0.05, 0.1) is 22.9 Å². The van der Waals surface area contributed by atoms with Gasteiger partial charge in [0.15, 0.2) is 5.82 Å². The number of rotatable bonds is 6. The number of nitrogens with zero attached hydrogens (tertiary/aromatic N) is 4. The summed E-state index contributed by atoms with van der Waals surface area (Å²) < 4.78 is 19.6. The van der Waals surface area contributed by atoms with Gasteiger partial charge in [0.2, 0.25) is 0 Å². The average Bonchev–Trinajstić information content (AvgIpc) is 2.74. The van der Waals surface area contributed by atoms with E-state index in [4.69, 9.17) is 9.72 Å². The number of nitrogens with one attached hydrogen (secondary N) is 1. The van der Waals surface area contributed by atoms with E-state index in [-0.39, 0.29) is 17.8 Å². The Kier molecular flexibility index (Phi) is 6.15. The molecule has 4 rings (SSSR count). The monoisotopic (exact) mass is 439 g/mol. The molecule has 1 saturated heterocycles. The quantitative estimate of drug-likeness (QED) is 0.577. The highest BCUT2D eigenvalue weighted by molar-refractivity contribution is 5.88. The van der Waals surface area contributed by atoms with Crippen molar-refractivity contribution < 1.29 is 14.2 Å². The summed E-state index contributed by atoms with van der Waals surface area (Å²) in [5.41, 5.74) is 1.29. The summed E-state index contributed by atoms with van der Waals surface area (Å²) in [6.07, 6.45) is 3.19. The van der Waals surface area contributed by atoms with Gasteiger partial charge in [-0.2, -0.15) is 0 Å². The van der Waals surface area contributed by atoms with Crippen molar-refractivity contribution in [1.29, 1.82) is 0 Å². The fraction of sp³-hybridized carbons (Fsp3) is 0.458. The number of piperidine rings is 1. The first kappa shape index (κ1) is 22.2. The van der Waals surface area contributed by atoms with Crippen molar-refractivity contribution in [1.82, 2.24) is 15.0 Å². The van der Waals surface area contributed by atoms with Crippen LogP contribution < -0.4 is 15.0 Å². The summed E-state index contributed by atoms with van der Waals surface area (Å²) in [6.45, 7) is 9.20. The summed E-state index contributed by atoms with van der Waals surface area (Å²) in [4.78, 5) is 15.8. The molecule has 7 nitrogen and oxygen atoms in total. The molecule has 0 unspecified atom stereocenters. The Morgan fingerprint density at radius 2 is 1.91 bits per heavy atom. The highest BCUT2D eigenvalue weighted by Gasteiger charge is 2.31. The number of hydrogen-bond donors (Lipinski definition) is 2. The Balaban J connectivity index is 1.62. The van der Waals surface area contributed by atoms with E-state index in [1.54, 1.807) is 6.07 Å². The molecule has 2 N–H and O–H groups in total. The fourth-order valence-corrected chi connectivity index (χ4v) is 4.09. The highest BCUT2D eigenvalue weighted by Crippen LogP contribution is 2.33. The summed E-state index contributed by atoms with van der Waals surface area (Å²) in [7, 11) is 0. The molecule has 3 aromatic rings. The van der Waals surface area contributed by atoms with Crippen LogP contribution in [0.3, 0.4) is 0 Å². The molecule has 2 aromatic heterocycles. The van der Waals surface area contributed by atoms with Gasteiger partial charge in [0.1, 0.15) is 29.2 Å². The van der Waals surface area contributed by atoms with Gasteiger partial charge in [-0.05, 0) is 70.7 Å². The zero-order valence-corrected chi connectivity index (χ0v) is 19.0. The molecule has 0 radical (unpaired) electrons. The molecule has 1 aromatic carbocycles. The number of aromatic nitrogens is 3. The Morgan fingerprint density at radius 3 is 2.59 bits per heavy atom. The lowest BCUT2D eigenvalue weighted by Crippen LogP contribution is -2.42. The topological polar surface area (TPSA) is 83.4 Å². The first-order chi connectivity index (χ1) is 15.2. The Bertz CT molecular complexity index is 1090. The second kappa shape index (κ2) is 8.86.